The summed E-state index contributed by atoms with van der Waals surface area (Å²) in [5.74, 6) is 1.65. The van der Waals surface area contributed by atoms with Crippen molar-refractivity contribution in [3.05, 3.63) is 0 Å². The smallest absolute Gasteiger partial charge is 0.0536 e. The van der Waals surface area contributed by atoms with Crippen LogP contribution in [-0.4, -0.2) is 20.3 Å². The normalized spacial score (nSPS) is 27.2. The number of nitrogens with two attached hydrogens (primary N) is 1. The number of hydrogen-bond acceptors (Lipinski definition) is 2. The van der Waals surface area contributed by atoms with Crippen molar-refractivity contribution in [2.75, 3.05) is 20.3 Å². The lowest BCUT2D eigenvalue weighted by Crippen LogP contribution is -2.47. The molecule has 2 fully saturated rings. The number of methoxy groups -OCH3 is 1. The Morgan fingerprint density at radius 3 is 1.82 bits per heavy atom. The zero-order valence-electron chi connectivity index (χ0n) is 11.4. The maximum absolute atomic E-state index is 6.22. The molecule has 2 N–H and O–H groups in total. The van der Waals surface area contributed by atoms with Gasteiger partial charge in [0.05, 0.1) is 6.61 Å². The molecular weight excluding hydrogens is 210 g/mol. The van der Waals surface area contributed by atoms with Crippen LogP contribution in [0.25, 0.3) is 0 Å². The van der Waals surface area contributed by atoms with E-state index in [-0.39, 0.29) is 0 Å². The summed E-state index contributed by atoms with van der Waals surface area (Å²) in [7, 11) is 1.85. The summed E-state index contributed by atoms with van der Waals surface area (Å²) < 4.78 is 5.58. The Hall–Kier alpha value is -0.0800. The Bertz CT molecular complexity index is 219. The third-order valence-electron chi connectivity index (χ3n) is 5.38. The lowest BCUT2D eigenvalue weighted by Gasteiger charge is -2.46. The van der Waals surface area contributed by atoms with Gasteiger partial charge in [0, 0.05) is 19.1 Å². The third-order valence-corrected chi connectivity index (χ3v) is 5.38. The molecule has 2 aliphatic carbocycles. The Balaban J connectivity index is 2.13. The van der Waals surface area contributed by atoms with E-state index in [9.17, 15) is 0 Å². The first-order valence-electron chi connectivity index (χ1n) is 7.52. The van der Waals surface area contributed by atoms with Gasteiger partial charge in [0.2, 0.25) is 0 Å². The van der Waals surface area contributed by atoms with Crippen molar-refractivity contribution in [1.29, 1.82) is 0 Å². The molecule has 0 aromatic carbocycles. The van der Waals surface area contributed by atoms with Crippen molar-refractivity contribution in [3.63, 3.8) is 0 Å². The fourth-order valence-electron chi connectivity index (χ4n) is 4.41. The van der Waals surface area contributed by atoms with E-state index >= 15 is 0 Å². The van der Waals surface area contributed by atoms with Crippen LogP contribution in [0.1, 0.15) is 57.8 Å². The van der Waals surface area contributed by atoms with Crippen LogP contribution in [0, 0.1) is 17.3 Å². The second-order valence-corrected chi connectivity index (χ2v) is 6.19. The van der Waals surface area contributed by atoms with Gasteiger partial charge in [-0.15, -0.1) is 0 Å². The van der Waals surface area contributed by atoms with Crippen LogP contribution >= 0.6 is 0 Å². The molecule has 2 rings (SSSR count). The van der Waals surface area contributed by atoms with E-state index in [1.54, 1.807) is 0 Å². The van der Waals surface area contributed by atoms with Crippen molar-refractivity contribution in [2.24, 2.45) is 23.0 Å². The minimum absolute atomic E-state index is 0.297. The maximum atomic E-state index is 6.22. The molecule has 0 aromatic heterocycles. The molecule has 2 heteroatoms. The molecule has 0 saturated heterocycles. The molecule has 0 radical (unpaired) electrons. The van der Waals surface area contributed by atoms with Crippen molar-refractivity contribution >= 4 is 0 Å². The average molecular weight is 239 g/mol. The average Bonchev–Trinajstić information content (AvgIpc) is 2.91. The quantitative estimate of drug-likeness (QED) is 0.798. The van der Waals surface area contributed by atoms with Gasteiger partial charge in [-0.05, 0) is 37.5 Å². The van der Waals surface area contributed by atoms with E-state index in [0.717, 1.165) is 25.0 Å². The highest BCUT2D eigenvalue weighted by atomic mass is 16.5. The summed E-state index contributed by atoms with van der Waals surface area (Å²) >= 11 is 0. The third kappa shape index (κ3) is 2.68. The van der Waals surface area contributed by atoms with Gasteiger partial charge in [0.1, 0.15) is 0 Å². The molecule has 2 aliphatic rings. The van der Waals surface area contributed by atoms with Crippen molar-refractivity contribution in [1.82, 2.24) is 0 Å². The van der Waals surface area contributed by atoms with E-state index in [1.807, 2.05) is 7.11 Å². The van der Waals surface area contributed by atoms with Gasteiger partial charge < -0.3 is 10.5 Å². The number of rotatable bonds is 5. The van der Waals surface area contributed by atoms with Crippen LogP contribution in [-0.2, 0) is 4.74 Å². The van der Waals surface area contributed by atoms with E-state index < -0.39 is 0 Å². The molecule has 1 unspecified atom stereocenters. The lowest BCUT2D eigenvalue weighted by atomic mass is 9.62. The van der Waals surface area contributed by atoms with Gasteiger partial charge in [-0.3, -0.25) is 0 Å². The second-order valence-electron chi connectivity index (χ2n) is 6.19. The van der Waals surface area contributed by atoms with Crippen molar-refractivity contribution in [3.8, 4) is 0 Å². The first-order valence-corrected chi connectivity index (χ1v) is 7.52. The highest BCUT2D eigenvalue weighted by Gasteiger charge is 2.45. The standard InChI is InChI=1S/C15H29NO/c1-17-12-15(11-16,14-9-5-6-10-14)13-7-3-2-4-8-13/h13-14H,2-12,16H2,1H3. The summed E-state index contributed by atoms with van der Waals surface area (Å²) in [6, 6.07) is 0. The van der Waals surface area contributed by atoms with E-state index in [4.69, 9.17) is 10.5 Å². The highest BCUT2D eigenvalue weighted by molar-refractivity contribution is 4.95. The molecule has 2 saturated carbocycles. The van der Waals surface area contributed by atoms with E-state index in [2.05, 4.69) is 0 Å². The number of hydrogen-bond donors (Lipinski definition) is 1. The van der Waals surface area contributed by atoms with Crippen LogP contribution in [0.5, 0.6) is 0 Å². The molecule has 0 amide bonds. The SMILES string of the molecule is COCC(CN)(C1CCCCC1)C1CCCC1. The molecular formula is C15H29NO. The van der Waals surface area contributed by atoms with Crippen molar-refractivity contribution < 1.29 is 4.74 Å². The molecule has 2 nitrogen and oxygen atoms in total. The molecule has 0 aliphatic heterocycles. The summed E-state index contributed by atoms with van der Waals surface area (Å²) in [6.07, 6.45) is 12.6. The molecule has 0 spiro atoms. The van der Waals surface area contributed by atoms with Crippen LogP contribution in [0.2, 0.25) is 0 Å². The second kappa shape index (κ2) is 6.19. The molecule has 0 heterocycles. The number of ether oxygens (including phenoxy) is 1. The molecule has 1 atom stereocenters. The van der Waals surface area contributed by atoms with Crippen LogP contribution in [0.3, 0.4) is 0 Å². The van der Waals surface area contributed by atoms with Crippen LogP contribution in [0.15, 0.2) is 0 Å². The summed E-state index contributed by atoms with van der Waals surface area (Å²) in [6.45, 7) is 1.72. The molecule has 100 valence electrons. The summed E-state index contributed by atoms with van der Waals surface area (Å²) in [5.41, 5.74) is 6.52. The summed E-state index contributed by atoms with van der Waals surface area (Å²) in [4.78, 5) is 0. The fourth-order valence-corrected chi connectivity index (χ4v) is 4.41. The Kier molecular flexibility index (Phi) is 4.87. The minimum atomic E-state index is 0.297. The summed E-state index contributed by atoms with van der Waals surface area (Å²) in [5, 5.41) is 0. The van der Waals surface area contributed by atoms with E-state index in [0.29, 0.717) is 5.41 Å². The zero-order valence-corrected chi connectivity index (χ0v) is 11.4. The monoisotopic (exact) mass is 239 g/mol. The van der Waals surface area contributed by atoms with Gasteiger partial charge >= 0.3 is 0 Å². The van der Waals surface area contributed by atoms with Gasteiger partial charge in [-0.25, -0.2) is 0 Å². The largest absolute Gasteiger partial charge is 0.384 e. The van der Waals surface area contributed by atoms with Gasteiger partial charge in [-0.1, -0.05) is 32.1 Å². The first-order chi connectivity index (χ1) is 8.33. The topological polar surface area (TPSA) is 35.2 Å². The Labute approximate surface area is 106 Å². The fraction of sp³-hybridized carbons (Fsp3) is 1.00. The van der Waals surface area contributed by atoms with Gasteiger partial charge in [0.15, 0.2) is 0 Å². The predicted octanol–water partition coefficient (Wildman–Crippen LogP) is 3.35. The van der Waals surface area contributed by atoms with E-state index in [1.165, 1.54) is 57.8 Å². The zero-order chi connectivity index (χ0) is 12.1. The molecule has 17 heavy (non-hydrogen) atoms. The molecule has 0 aromatic rings. The lowest BCUT2D eigenvalue weighted by molar-refractivity contribution is -0.0231. The van der Waals surface area contributed by atoms with Crippen LogP contribution < -0.4 is 5.73 Å². The molecule has 0 bridgehead atoms. The van der Waals surface area contributed by atoms with Crippen LogP contribution in [0.4, 0.5) is 0 Å². The predicted molar refractivity (Wildman–Crippen MR) is 71.9 cm³/mol. The highest BCUT2D eigenvalue weighted by Crippen LogP contribution is 2.49. The van der Waals surface area contributed by atoms with Gasteiger partial charge in [0.25, 0.3) is 0 Å². The van der Waals surface area contributed by atoms with Gasteiger partial charge in [-0.2, -0.15) is 0 Å². The first kappa shape index (κ1) is 13.4. The Morgan fingerprint density at radius 1 is 0.941 bits per heavy atom. The Morgan fingerprint density at radius 2 is 1.41 bits per heavy atom. The minimum Gasteiger partial charge on any atom is -0.384 e. The van der Waals surface area contributed by atoms with Crippen molar-refractivity contribution in [2.45, 2.75) is 57.8 Å². The maximum Gasteiger partial charge on any atom is 0.0536 e.